The van der Waals surface area contributed by atoms with Gasteiger partial charge in [0.05, 0.1) is 4.92 Å². The Hall–Kier alpha value is -1.42. The third kappa shape index (κ3) is 3.98. The van der Waals surface area contributed by atoms with Gasteiger partial charge in [0.25, 0.3) is 5.69 Å². The molecule has 4 nitrogen and oxygen atoms in total. The molecule has 16 heavy (non-hydrogen) atoms. The number of hydrogen-bond donors (Lipinski definition) is 0. The normalized spacial score (nSPS) is 12.8. The summed E-state index contributed by atoms with van der Waals surface area (Å²) >= 11 is 0. The maximum absolute atomic E-state index is 10.5. The van der Waals surface area contributed by atoms with E-state index < -0.39 is 0 Å². The highest BCUT2D eigenvalue weighted by atomic mass is 16.6. The smallest absolute Gasteiger partial charge is 0.269 e. The lowest BCUT2D eigenvalue weighted by atomic mass is 10.0. The fourth-order valence-corrected chi connectivity index (χ4v) is 1.84. The van der Waals surface area contributed by atoms with Crippen molar-refractivity contribution in [1.29, 1.82) is 0 Å². The van der Waals surface area contributed by atoms with E-state index in [0.717, 1.165) is 18.5 Å². The summed E-state index contributed by atoms with van der Waals surface area (Å²) in [4.78, 5) is 12.3. The van der Waals surface area contributed by atoms with Crippen LogP contribution in [-0.2, 0) is 6.42 Å². The van der Waals surface area contributed by atoms with Crippen LogP contribution >= 0.6 is 0 Å². The van der Waals surface area contributed by atoms with Gasteiger partial charge in [0.2, 0.25) is 0 Å². The Kier molecular flexibility index (Phi) is 4.43. The van der Waals surface area contributed by atoms with Crippen LogP contribution < -0.4 is 0 Å². The molecule has 0 spiro atoms. The first-order valence-electron chi connectivity index (χ1n) is 5.37. The highest BCUT2D eigenvalue weighted by molar-refractivity contribution is 5.32. The van der Waals surface area contributed by atoms with Gasteiger partial charge in [-0.15, -0.1) is 0 Å². The van der Waals surface area contributed by atoms with Crippen LogP contribution in [0, 0.1) is 16.0 Å². The summed E-state index contributed by atoms with van der Waals surface area (Å²) in [5.41, 5.74) is 1.31. The number of nitro benzene ring substituents is 1. The van der Waals surface area contributed by atoms with Gasteiger partial charge in [-0.1, -0.05) is 19.1 Å². The van der Waals surface area contributed by atoms with Crippen molar-refractivity contribution in [2.24, 2.45) is 5.92 Å². The minimum absolute atomic E-state index is 0.156. The molecule has 0 unspecified atom stereocenters. The summed E-state index contributed by atoms with van der Waals surface area (Å²) in [6, 6.07) is 6.81. The topological polar surface area (TPSA) is 46.4 Å². The lowest BCUT2D eigenvalue weighted by molar-refractivity contribution is -0.384. The Labute approximate surface area is 96.0 Å². The summed E-state index contributed by atoms with van der Waals surface area (Å²) in [5, 5.41) is 10.5. The number of nitrogens with zero attached hydrogens (tertiary/aromatic N) is 2. The molecule has 0 saturated heterocycles. The van der Waals surface area contributed by atoms with Crippen LogP contribution in [0.5, 0.6) is 0 Å². The number of benzene rings is 1. The molecule has 0 N–H and O–H groups in total. The molecular formula is C12H18N2O2. The molecule has 1 aromatic carbocycles. The van der Waals surface area contributed by atoms with Crippen LogP contribution in [0.15, 0.2) is 24.3 Å². The second-order valence-electron chi connectivity index (χ2n) is 4.50. The van der Waals surface area contributed by atoms with E-state index in [1.54, 1.807) is 12.1 Å². The standard InChI is InChI=1S/C12H18N2O2/c1-10(9-13(2)3)8-11-4-6-12(7-5-11)14(15)16/h4-7,10H,8-9H2,1-3H3/t10-/m0/s1. The Morgan fingerprint density at radius 3 is 2.31 bits per heavy atom. The van der Waals surface area contributed by atoms with Crippen LogP contribution in [0.4, 0.5) is 5.69 Å². The quantitative estimate of drug-likeness (QED) is 0.567. The third-order valence-corrected chi connectivity index (χ3v) is 2.41. The second kappa shape index (κ2) is 5.61. The van der Waals surface area contributed by atoms with Gasteiger partial charge in [0.1, 0.15) is 0 Å². The zero-order valence-electron chi connectivity index (χ0n) is 10.0. The number of hydrogen-bond acceptors (Lipinski definition) is 3. The SMILES string of the molecule is C[C@@H](Cc1ccc([N+](=O)[O-])cc1)CN(C)C. The Balaban J connectivity index is 2.58. The van der Waals surface area contributed by atoms with Crippen molar-refractivity contribution >= 4 is 5.69 Å². The largest absolute Gasteiger partial charge is 0.309 e. The lowest BCUT2D eigenvalue weighted by Crippen LogP contribution is -2.21. The Morgan fingerprint density at radius 1 is 1.31 bits per heavy atom. The van der Waals surface area contributed by atoms with Gasteiger partial charge in [-0.2, -0.15) is 0 Å². The molecule has 0 amide bonds. The van der Waals surface area contributed by atoms with Crippen LogP contribution in [-0.4, -0.2) is 30.5 Å². The average Bonchev–Trinajstić information content (AvgIpc) is 2.16. The van der Waals surface area contributed by atoms with E-state index in [-0.39, 0.29) is 10.6 Å². The molecule has 0 aromatic heterocycles. The maximum Gasteiger partial charge on any atom is 0.269 e. The number of nitro groups is 1. The van der Waals surface area contributed by atoms with Crippen LogP contribution in [0.1, 0.15) is 12.5 Å². The van der Waals surface area contributed by atoms with Gasteiger partial charge in [-0.25, -0.2) is 0 Å². The number of non-ortho nitro benzene ring substituents is 1. The summed E-state index contributed by atoms with van der Waals surface area (Å²) < 4.78 is 0. The van der Waals surface area contributed by atoms with E-state index in [0.29, 0.717) is 5.92 Å². The van der Waals surface area contributed by atoms with E-state index in [1.807, 2.05) is 26.2 Å². The zero-order chi connectivity index (χ0) is 12.1. The minimum Gasteiger partial charge on any atom is -0.309 e. The molecule has 1 rings (SSSR count). The molecule has 0 radical (unpaired) electrons. The number of rotatable bonds is 5. The van der Waals surface area contributed by atoms with Gasteiger partial charge >= 0.3 is 0 Å². The first-order valence-corrected chi connectivity index (χ1v) is 5.37. The van der Waals surface area contributed by atoms with Crippen molar-refractivity contribution in [3.05, 3.63) is 39.9 Å². The predicted molar refractivity (Wildman–Crippen MR) is 64.5 cm³/mol. The van der Waals surface area contributed by atoms with Crippen molar-refractivity contribution in [3.63, 3.8) is 0 Å². The average molecular weight is 222 g/mol. The molecule has 0 fully saturated rings. The van der Waals surface area contributed by atoms with Crippen LogP contribution in [0.25, 0.3) is 0 Å². The monoisotopic (exact) mass is 222 g/mol. The molecular weight excluding hydrogens is 204 g/mol. The van der Waals surface area contributed by atoms with E-state index in [2.05, 4.69) is 11.8 Å². The molecule has 1 atom stereocenters. The van der Waals surface area contributed by atoms with Gasteiger partial charge in [-0.3, -0.25) is 10.1 Å². The maximum atomic E-state index is 10.5. The van der Waals surface area contributed by atoms with Gasteiger partial charge in [0, 0.05) is 18.7 Å². The molecule has 0 heterocycles. The first-order chi connectivity index (χ1) is 7.49. The molecule has 4 heteroatoms. The van der Waals surface area contributed by atoms with Gasteiger partial charge < -0.3 is 4.90 Å². The summed E-state index contributed by atoms with van der Waals surface area (Å²) in [6.07, 6.45) is 0.955. The van der Waals surface area contributed by atoms with Crippen LogP contribution in [0.2, 0.25) is 0 Å². The molecule has 0 saturated carbocycles. The molecule has 1 aromatic rings. The second-order valence-corrected chi connectivity index (χ2v) is 4.50. The fourth-order valence-electron chi connectivity index (χ4n) is 1.84. The highest BCUT2D eigenvalue weighted by Gasteiger charge is 2.07. The summed E-state index contributed by atoms with van der Waals surface area (Å²) in [6.45, 7) is 3.21. The van der Waals surface area contributed by atoms with E-state index in [1.165, 1.54) is 0 Å². The molecule has 0 aliphatic heterocycles. The van der Waals surface area contributed by atoms with Crippen molar-refractivity contribution in [2.75, 3.05) is 20.6 Å². The molecule has 0 aliphatic rings. The third-order valence-electron chi connectivity index (χ3n) is 2.41. The predicted octanol–water partition coefficient (Wildman–Crippen LogP) is 2.33. The van der Waals surface area contributed by atoms with Gasteiger partial charge in [-0.05, 0) is 32.0 Å². The van der Waals surface area contributed by atoms with Crippen molar-refractivity contribution < 1.29 is 4.92 Å². The summed E-state index contributed by atoms with van der Waals surface area (Å²) in [7, 11) is 4.10. The summed E-state index contributed by atoms with van der Waals surface area (Å²) in [5.74, 6) is 0.552. The first kappa shape index (κ1) is 12.6. The molecule has 88 valence electrons. The minimum atomic E-state index is -0.368. The van der Waals surface area contributed by atoms with E-state index in [4.69, 9.17) is 0 Å². The lowest BCUT2D eigenvalue weighted by Gasteiger charge is -2.16. The van der Waals surface area contributed by atoms with Crippen molar-refractivity contribution in [3.8, 4) is 0 Å². The van der Waals surface area contributed by atoms with E-state index in [9.17, 15) is 10.1 Å². The van der Waals surface area contributed by atoms with Gasteiger partial charge in [0.15, 0.2) is 0 Å². The van der Waals surface area contributed by atoms with Crippen LogP contribution in [0.3, 0.4) is 0 Å². The van der Waals surface area contributed by atoms with Crippen molar-refractivity contribution in [2.45, 2.75) is 13.3 Å². The molecule has 0 aliphatic carbocycles. The molecule has 0 bridgehead atoms. The zero-order valence-corrected chi connectivity index (χ0v) is 10.0. The van der Waals surface area contributed by atoms with E-state index >= 15 is 0 Å². The van der Waals surface area contributed by atoms with Crippen molar-refractivity contribution in [1.82, 2.24) is 4.90 Å². The Morgan fingerprint density at radius 2 is 1.88 bits per heavy atom. The fraction of sp³-hybridized carbons (Fsp3) is 0.500. The highest BCUT2D eigenvalue weighted by Crippen LogP contribution is 2.15. The Bertz CT molecular complexity index is 347.